The summed E-state index contributed by atoms with van der Waals surface area (Å²) in [7, 11) is 4.21. The zero-order chi connectivity index (χ0) is 33.5. The molecule has 5 rings (SSSR count). The van der Waals surface area contributed by atoms with Gasteiger partial charge in [0.25, 0.3) is 5.91 Å². The highest BCUT2D eigenvalue weighted by atomic mass is 19.4. The van der Waals surface area contributed by atoms with E-state index in [9.17, 15) is 31.1 Å². The van der Waals surface area contributed by atoms with Crippen molar-refractivity contribution in [3.8, 4) is 16.9 Å². The molecule has 4 aromatic rings. The first-order valence-corrected chi connectivity index (χ1v) is 13.1. The van der Waals surface area contributed by atoms with Crippen LogP contribution in [0, 0.1) is 0 Å². The van der Waals surface area contributed by atoms with Crippen molar-refractivity contribution in [1.29, 1.82) is 0 Å². The van der Waals surface area contributed by atoms with E-state index in [-0.39, 0.29) is 5.91 Å². The molecule has 1 saturated heterocycles. The fourth-order valence-corrected chi connectivity index (χ4v) is 4.36. The second-order valence-electron chi connectivity index (χ2n) is 9.87. The van der Waals surface area contributed by atoms with Gasteiger partial charge in [-0.1, -0.05) is 12.1 Å². The van der Waals surface area contributed by atoms with Gasteiger partial charge >= 0.3 is 24.3 Å². The van der Waals surface area contributed by atoms with Gasteiger partial charge in [-0.05, 0) is 62.8 Å². The largest absolute Gasteiger partial charge is 0.490 e. The number of nitrogens with zero attached hydrogens (tertiary/aromatic N) is 6. The number of carbonyl (C=O) groups is 3. The molecule has 0 saturated carbocycles. The molecule has 17 heteroatoms. The molecule has 0 unspecified atom stereocenters. The van der Waals surface area contributed by atoms with Gasteiger partial charge in [0.1, 0.15) is 11.5 Å². The van der Waals surface area contributed by atoms with Crippen LogP contribution in [0.1, 0.15) is 23.3 Å². The normalized spacial score (nSPS) is 13.9. The van der Waals surface area contributed by atoms with Gasteiger partial charge < -0.3 is 24.4 Å². The Morgan fingerprint density at radius 2 is 1.42 bits per heavy atom. The number of carboxylic acids is 2. The summed E-state index contributed by atoms with van der Waals surface area (Å²) >= 11 is 0. The van der Waals surface area contributed by atoms with Gasteiger partial charge in [-0.2, -0.15) is 31.4 Å². The monoisotopic (exact) mass is 642 g/mol. The second kappa shape index (κ2) is 14.2. The molecular weight excluding hydrogens is 614 g/mol. The number of carbonyl (C=O) groups excluding carboxylic acids is 1. The SMILES string of the molecule is CN(C)C1CCN(C(=O)c2ccnn2-c2ccc3ccc(-c4cccnc4)cn23)CC1.O=C(O)C(F)(F)F.O=C(O)C(F)(F)F. The molecule has 0 radical (unpaired) electrons. The van der Waals surface area contributed by atoms with E-state index in [0.29, 0.717) is 11.7 Å². The average molecular weight is 643 g/mol. The van der Waals surface area contributed by atoms with Crippen LogP contribution in [0.4, 0.5) is 26.3 Å². The Hall–Kier alpha value is -4.93. The van der Waals surface area contributed by atoms with Crippen LogP contribution >= 0.6 is 0 Å². The molecule has 0 aliphatic carbocycles. The highest BCUT2D eigenvalue weighted by Crippen LogP contribution is 2.24. The molecule has 0 atom stereocenters. The highest BCUT2D eigenvalue weighted by molar-refractivity contribution is 5.93. The van der Waals surface area contributed by atoms with Crippen molar-refractivity contribution in [1.82, 2.24) is 29.0 Å². The lowest BCUT2D eigenvalue weighted by atomic mass is 10.0. The zero-order valence-corrected chi connectivity index (χ0v) is 23.8. The topological polar surface area (TPSA) is 133 Å². The first-order chi connectivity index (χ1) is 21.0. The average Bonchev–Trinajstić information content (AvgIpc) is 3.64. The predicted molar refractivity (Wildman–Crippen MR) is 148 cm³/mol. The number of rotatable bonds is 4. The van der Waals surface area contributed by atoms with Gasteiger partial charge in [0.2, 0.25) is 0 Å². The molecule has 242 valence electrons. The number of pyridine rings is 2. The fourth-order valence-electron chi connectivity index (χ4n) is 4.36. The van der Waals surface area contributed by atoms with E-state index in [1.54, 1.807) is 17.1 Å². The molecule has 11 nitrogen and oxygen atoms in total. The second-order valence-corrected chi connectivity index (χ2v) is 9.87. The third-order valence-electron chi connectivity index (χ3n) is 6.67. The quantitative estimate of drug-likeness (QED) is 0.308. The molecule has 1 aliphatic heterocycles. The Bertz CT molecular complexity index is 1590. The number of likely N-dealkylation sites (tertiary alicyclic amines) is 1. The van der Waals surface area contributed by atoms with Crippen molar-refractivity contribution in [2.75, 3.05) is 27.2 Å². The summed E-state index contributed by atoms with van der Waals surface area (Å²) in [5.74, 6) is -4.63. The van der Waals surface area contributed by atoms with E-state index < -0.39 is 24.3 Å². The maximum atomic E-state index is 13.3. The lowest BCUT2D eigenvalue weighted by molar-refractivity contribution is -0.193. The summed E-state index contributed by atoms with van der Waals surface area (Å²) in [6.07, 6.45) is -0.786. The van der Waals surface area contributed by atoms with E-state index in [1.807, 2.05) is 41.4 Å². The number of aromatic nitrogens is 4. The summed E-state index contributed by atoms with van der Waals surface area (Å²) in [6, 6.07) is 14.5. The van der Waals surface area contributed by atoms with E-state index >= 15 is 0 Å². The Morgan fingerprint density at radius 3 is 1.93 bits per heavy atom. The van der Waals surface area contributed by atoms with Crippen molar-refractivity contribution in [3.63, 3.8) is 0 Å². The minimum atomic E-state index is -5.08. The van der Waals surface area contributed by atoms with Crippen LogP contribution in [0.5, 0.6) is 0 Å². The van der Waals surface area contributed by atoms with E-state index in [4.69, 9.17) is 19.8 Å². The van der Waals surface area contributed by atoms with Crippen LogP contribution in [0.25, 0.3) is 22.5 Å². The Balaban J connectivity index is 0.000000331. The van der Waals surface area contributed by atoms with Crippen molar-refractivity contribution in [2.45, 2.75) is 31.2 Å². The smallest absolute Gasteiger partial charge is 0.475 e. The van der Waals surface area contributed by atoms with Gasteiger partial charge in [0.15, 0.2) is 0 Å². The van der Waals surface area contributed by atoms with E-state index in [0.717, 1.165) is 48.4 Å². The number of hydrogen-bond donors (Lipinski definition) is 2. The summed E-state index contributed by atoms with van der Waals surface area (Å²) in [4.78, 5) is 39.5. The van der Waals surface area contributed by atoms with Crippen LogP contribution < -0.4 is 0 Å². The summed E-state index contributed by atoms with van der Waals surface area (Å²) in [5.41, 5.74) is 3.74. The molecule has 45 heavy (non-hydrogen) atoms. The summed E-state index contributed by atoms with van der Waals surface area (Å²) in [6.45, 7) is 1.54. The number of fused-ring (bicyclic) bond motifs is 1. The van der Waals surface area contributed by atoms with Gasteiger partial charge in [-0.3, -0.25) is 9.78 Å². The highest BCUT2D eigenvalue weighted by Gasteiger charge is 2.39. The molecule has 1 fully saturated rings. The van der Waals surface area contributed by atoms with Crippen molar-refractivity contribution in [3.05, 3.63) is 72.9 Å². The molecule has 0 spiro atoms. The maximum absolute atomic E-state index is 13.3. The van der Waals surface area contributed by atoms with Gasteiger partial charge in [-0.15, -0.1) is 0 Å². The van der Waals surface area contributed by atoms with Crippen LogP contribution in [-0.4, -0.2) is 103 Å². The van der Waals surface area contributed by atoms with Gasteiger partial charge in [0.05, 0.1) is 6.20 Å². The van der Waals surface area contributed by atoms with Crippen LogP contribution in [0.15, 0.2) is 67.3 Å². The Morgan fingerprint density at radius 1 is 0.844 bits per heavy atom. The summed E-state index contributed by atoms with van der Waals surface area (Å²) < 4.78 is 67.3. The number of hydrogen-bond acceptors (Lipinski definition) is 6. The molecule has 5 heterocycles. The lowest BCUT2D eigenvalue weighted by Crippen LogP contribution is -2.44. The minimum Gasteiger partial charge on any atom is -0.475 e. The van der Waals surface area contributed by atoms with Crippen molar-refractivity contribution < 1.29 is 50.9 Å². The van der Waals surface area contributed by atoms with Crippen LogP contribution in [0.3, 0.4) is 0 Å². The van der Waals surface area contributed by atoms with Crippen LogP contribution in [-0.2, 0) is 9.59 Å². The summed E-state index contributed by atoms with van der Waals surface area (Å²) in [5, 5.41) is 18.7. The molecular formula is C28H28F6N6O5. The Kier molecular flexibility index (Phi) is 10.9. The predicted octanol–water partition coefficient (Wildman–Crippen LogP) is 4.62. The Labute approximate surface area is 251 Å². The number of carboxylic acid groups (broad SMARTS) is 2. The van der Waals surface area contributed by atoms with Gasteiger partial charge in [0, 0.05) is 48.8 Å². The van der Waals surface area contributed by atoms with Gasteiger partial charge in [-0.25, -0.2) is 14.3 Å². The zero-order valence-electron chi connectivity index (χ0n) is 23.8. The fraction of sp³-hybridized carbons (Fsp3) is 0.321. The number of halogens is 6. The minimum absolute atomic E-state index is 0.0353. The molecule has 2 N–H and O–H groups in total. The molecule has 0 bridgehead atoms. The first-order valence-electron chi connectivity index (χ1n) is 13.1. The molecule has 0 aromatic carbocycles. The van der Waals surface area contributed by atoms with E-state index in [1.165, 1.54) is 0 Å². The third kappa shape index (κ3) is 9.04. The number of amides is 1. The maximum Gasteiger partial charge on any atom is 0.490 e. The molecule has 4 aromatic heterocycles. The number of aliphatic carboxylic acids is 2. The molecule has 1 amide bonds. The van der Waals surface area contributed by atoms with Crippen LogP contribution in [0.2, 0.25) is 0 Å². The third-order valence-corrected chi connectivity index (χ3v) is 6.67. The lowest BCUT2D eigenvalue weighted by Gasteiger charge is -2.35. The standard InChI is InChI=1S/C24H26N6O.2C2HF3O2/c1-27(2)20-10-14-28(15-11-20)24(31)22-9-13-26-30(22)23-8-7-21-6-5-19(17-29(21)23)18-4-3-12-25-16-18;2*3-2(4,5)1(6)7/h3-9,12-13,16-17,20H,10-11,14-15H2,1-2H3;2*(H,6,7). The first kappa shape index (κ1) is 34.6. The van der Waals surface area contributed by atoms with Crippen molar-refractivity contribution >= 4 is 23.4 Å². The van der Waals surface area contributed by atoms with Crippen molar-refractivity contribution in [2.24, 2.45) is 0 Å². The van der Waals surface area contributed by atoms with E-state index in [2.05, 4.69) is 51.8 Å². The number of alkyl halides is 6. The molecule has 1 aliphatic rings. The number of piperidine rings is 1.